The van der Waals surface area contributed by atoms with Gasteiger partial charge in [0.15, 0.2) is 0 Å². The van der Waals surface area contributed by atoms with Crippen molar-refractivity contribution in [2.45, 2.75) is 18.4 Å². The van der Waals surface area contributed by atoms with Gasteiger partial charge in [-0.25, -0.2) is 13.4 Å². The molecule has 2 aromatic rings. The molecule has 0 aliphatic carbocycles. The van der Waals surface area contributed by atoms with Crippen LogP contribution in [0.1, 0.15) is 4.88 Å². The molecule has 10 nitrogen and oxygen atoms in total. The van der Waals surface area contributed by atoms with Gasteiger partial charge in [0.2, 0.25) is 15.9 Å². The second-order valence-electron chi connectivity index (χ2n) is 6.20. The zero-order valence-corrected chi connectivity index (χ0v) is 17.3. The number of amides is 1. The van der Waals surface area contributed by atoms with Gasteiger partial charge in [0.25, 0.3) is 5.56 Å². The molecule has 0 unspecified atom stereocenters. The Hall–Kier alpha value is -1.86. The highest BCUT2D eigenvalue weighted by Gasteiger charge is 2.32. The fourth-order valence-corrected chi connectivity index (χ4v) is 6.03. The summed E-state index contributed by atoms with van der Waals surface area (Å²) < 4.78 is 38.8. The molecule has 1 N–H and O–H groups in total. The highest BCUT2D eigenvalue weighted by Crippen LogP contribution is 2.32. The van der Waals surface area contributed by atoms with Crippen molar-refractivity contribution in [3.05, 3.63) is 21.6 Å². The number of methoxy groups -OCH3 is 1. The predicted octanol–water partition coefficient (Wildman–Crippen LogP) is -0.450. The monoisotopic (exact) mass is 430 g/mol. The van der Waals surface area contributed by atoms with Gasteiger partial charge in [0.1, 0.15) is 16.3 Å². The topological polar surface area (TPSA) is 120 Å². The number of fused-ring (bicyclic) bond motifs is 1. The fourth-order valence-electron chi connectivity index (χ4n) is 2.96. The summed E-state index contributed by atoms with van der Waals surface area (Å²) in [6, 6.07) is 0. The van der Waals surface area contributed by atoms with E-state index in [-0.39, 0.29) is 35.8 Å². The number of carbonyl (C=O) groups is 1. The van der Waals surface area contributed by atoms with Crippen molar-refractivity contribution in [1.29, 1.82) is 0 Å². The van der Waals surface area contributed by atoms with Crippen LogP contribution >= 0.6 is 11.3 Å². The molecule has 12 heteroatoms. The fraction of sp³-hybridized carbons (Fsp3) is 0.562. The molecular formula is C16H22N4O6S2. The average Bonchev–Trinajstić information content (AvgIpc) is 3.02. The van der Waals surface area contributed by atoms with Crippen LogP contribution in [0.2, 0.25) is 0 Å². The maximum absolute atomic E-state index is 13.2. The average molecular weight is 431 g/mol. The molecule has 0 atom stereocenters. The summed E-state index contributed by atoms with van der Waals surface area (Å²) in [7, 11) is -2.35. The summed E-state index contributed by atoms with van der Waals surface area (Å²) >= 11 is 1.15. The van der Waals surface area contributed by atoms with Gasteiger partial charge in [0, 0.05) is 31.6 Å². The van der Waals surface area contributed by atoms with Crippen molar-refractivity contribution in [3.63, 3.8) is 0 Å². The first kappa shape index (κ1) is 20.9. The summed E-state index contributed by atoms with van der Waals surface area (Å²) in [5, 5.41) is 2.65. The number of carbonyl (C=O) groups excluding carboxylic acids is 1. The summed E-state index contributed by atoms with van der Waals surface area (Å²) in [5.41, 5.74) is -0.553. The number of thiophene rings is 1. The van der Waals surface area contributed by atoms with E-state index in [2.05, 4.69) is 10.3 Å². The van der Waals surface area contributed by atoms with Crippen molar-refractivity contribution in [2.75, 3.05) is 46.6 Å². The quantitative estimate of drug-likeness (QED) is 0.591. The van der Waals surface area contributed by atoms with Gasteiger partial charge < -0.3 is 14.8 Å². The highest BCUT2D eigenvalue weighted by molar-refractivity contribution is 7.89. The van der Waals surface area contributed by atoms with Crippen LogP contribution in [0.5, 0.6) is 0 Å². The first-order valence-corrected chi connectivity index (χ1v) is 10.9. The molecule has 28 heavy (non-hydrogen) atoms. The number of sulfonamides is 1. The van der Waals surface area contributed by atoms with Crippen molar-refractivity contribution < 1.29 is 22.7 Å². The Labute approximate surface area is 166 Å². The molecule has 3 heterocycles. The Bertz CT molecular complexity index is 1020. The number of rotatable bonds is 7. The molecule has 0 saturated carbocycles. The van der Waals surface area contributed by atoms with E-state index in [0.717, 1.165) is 15.9 Å². The molecule has 2 aromatic heterocycles. The molecule has 0 radical (unpaired) electrons. The normalized spacial score (nSPS) is 15.8. The summed E-state index contributed by atoms with van der Waals surface area (Å²) in [6.07, 6.45) is 1.27. The van der Waals surface area contributed by atoms with Crippen molar-refractivity contribution in [1.82, 2.24) is 19.2 Å². The molecule has 3 rings (SSSR count). The lowest BCUT2D eigenvalue weighted by Gasteiger charge is -2.26. The van der Waals surface area contributed by atoms with Crippen molar-refractivity contribution in [3.8, 4) is 0 Å². The summed E-state index contributed by atoms with van der Waals surface area (Å²) in [6.45, 7) is 3.15. The first-order chi connectivity index (χ1) is 13.4. The van der Waals surface area contributed by atoms with Crippen LogP contribution in [0, 0.1) is 6.92 Å². The molecule has 0 bridgehead atoms. The zero-order chi connectivity index (χ0) is 20.3. The van der Waals surface area contributed by atoms with Crippen LogP contribution in [-0.2, 0) is 30.8 Å². The number of morpholine rings is 1. The van der Waals surface area contributed by atoms with E-state index in [1.54, 1.807) is 6.92 Å². The van der Waals surface area contributed by atoms with E-state index in [0.29, 0.717) is 36.1 Å². The Morgan fingerprint density at radius 2 is 2.11 bits per heavy atom. The minimum atomic E-state index is -3.87. The van der Waals surface area contributed by atoms with Gasteiger partial charge in [-0.05, 0) is 6.92 Å². The summed E-state index contributed by atoms with van der Waals surface area (Å²) in [4.78, 5) is 30.0. The molecule has 1 aliphatic rings. The zero-order valence-electron chi connectivity index (χ0n) is 15.6. The Balaban J connectivity index is 1.99. The van der Waals surface area contributed by atoms with Crippen LogP contribution in [-0.4, -0.2) is 74.7 Å². The van der Waals surface area contributed by atoms with Crippen LogP contribution in [0.3, 0.4) is 0 Å². The third-order valence-corrected chi connectivity index (χ3v) is 7.52. The lowest BCUT2D eigenvalue weighted by Crippen LogP contribution is -2.41. The summed E-state index contributed by atoms with van der Waals surface area (Å²) in [5.74, 6) is -0.384. The van der Waals surface area contributed by atoms with E-state index in [4.69, 9.17) is 9.47 Å². The predicted molar refractivity (Wildman–Crippen MR) is 103 cm³/mol. The number of ether oxygens (including phenoxy) is 2. The van der Waals surface area contributed by atoms with Crippen molar-refractivity contribution in [2.24, 2.45) is 0 Å². The smallest absolute Gasteiger partial charge is 0.263 e. The third kappa shape index (κ3) is 4.10. The number of aryl methyl sites for hydroxylation is 1. The Morgan fingerprint density at radius 1 is 1.39 bits per heavy atom. The molecule has 1 amide bonds. The van der Waals surface area contributed by atoms with Crippen LogP contribution < -0.4 is 10.9 Å². The number of aromatic nitrogens is 2. The second kappa shape index (κ2) is 8.66. The van der Waals surface area contributed by atoms with Crippen LogP contribution in [0.4, 0.5) is 0 Å². The Morgan fingerprint density at radius 3 is 2.79 bits per heavy atom. The molecule has 1 saturated heterocycles. The third-order valence-electron chi connectivity index (χ3n) is 4.31. The van der Waals surface area contributed by atoms with E-state index in [9.17, 15) is 18.0 Å². The minimum Gasteiger partial charge on any atom is -0.383 e. The maximum atomic E-state index is 13.2. The van der Waals surface area contributed by atoms with E-state index in [1.807, 2.05) is 0 Å². The highest BCUT2D eigenvalue weighted by atomic mass is 32.2. The SMILES string of the molecule is COCCNC(=O)Cn1cnc2sc(C)c(S(=O)(=O)N3CCOCC3)c2c1=O. The number of nitrogens with zero attached hydrogens (tertiary/aromatic N) is 3. The number of hydrogen-bond donors (Lipinski definition) is 1. The molecule has 0 spiro atoms. The van der Waals surface area contributed by atoms with Gasteiger partial charge >= 0.3 is 0 Å². The Kier molecular flexibility index (Phi) is 6.45. The molecule has 1 fully saturated rings. The lowest BCUT2D eigenvalue weighted by molar-refractivity contribution is -0.121. The van der Waals surface area contributed by atoms with Gasteiger partial charge in [-0.2, -0.15) is 4.31 Å². The van der Waals surface area contributed by atoms with E-state index >= 15 is 0 Å². The van der Waals surface area contributed by atoms with E-state index < -0.39 is 15.6 Å². The molecular weight excluding hydrogens is 408 g/mol. The van der Waals surface area contributed by atoms with Gasteiger partial charge in [-0.3, -0.25) is 14.2 Å². The largest absolute Gasteiger partial charge is 0.383 e. The minimum absolute atomic E-state index is 0.0268. The molecule has 154 valence electrons. The number of hydrogen-bond acceptors (Lipinski definition) is 8. The maximum Gasteiger partial charge on any atom is 0.263 e. The van der Waals surface area contributed by atoms with Crippen LogP contribution in [0.25, 0.3) is 10.2 Å². The van der Waals surface area contributed by atoms with Gasteiger partial charge in [-0.1, -0.05) is 0 Å². The van der Waals surface area contributed by atoms with Crippen LogP contribution in [0.15, 0.2) is 16.0 Å². The second-order valence-corrected chi connectivity index (χ2v) is 9.28. The van der Waals surface area contributed by atoms with Gasteiger partial charge in [-0.15, -0.1) is 11.3 Å². The lowest BCUT2D eigenvalue weighted by atomic mass is 10.3. The number of nitrogens with one attached hydrogen (secondary N) is 1. The first-order valence-electron chi connectivity index (χ1n) is 8.68. The van der Waals surface area contributed by atoms with Crippen molar-refractivity contribution >= 4 is 37.5 Å². The standard InChI is InChI=1S/C16H22N4O6S2/c1-11-14(28(23,24)20-4-7-26-8-5-20)13-15(27-11)18-10-19(16(13)22)9-12(21)17-3-6-25-2/h10H,3-9H2,1-2H3,(H,17,21). The molecule has 0 aromatic carbocycles. The van der Waals surface area contributed by atoms with Gasteiger partial charge in [0.05, 0.1) is 31.5 Å². The molecule has 1 aliphatic heterocycles. The van der Waals surface area contributed by atoms with E-state index in [1.165, 1.54) is 17.7 Å².